The van der Waals surface area contributed by atoms with E-state index in [2.05, 4.69) is 0 Å². The molecule has 112 valence electrons. The lowest BCUT2D eigenvalue weighted by Gasteiger charge is -2.22. The molecule has 1 aromatic rings. The van der Waals surface area contributed by atoms with Gasteiger partial charge in [-0.1, -0.05) is 6.07 Å². The highest BCUT2D eigenvalue weighted by molar-refractivity contribution is 5.30. The van der Waals surface area contributed by atoms with Crippen molar-refractivity contribution < 1.29 is 18.6 Å². The van der Waals surface area contributed by atoms with E-state index in [1.165, 1.54) is 13.2 Å². The van der Waals surface area contributed by atoms with Gasteiger partial charge in [-0.3, -0.25) is 0 Å². The SMILES string of the molecule is COc1ccc(C(N)COCC2CCOCC2)cc1F. The van der Waals surface area contributed by atoms with Gasteiger partial charge in [0.25, 0.3) is 0 Å². The molecule has 0 saturated carbocycles. The predicted molar refractivity (Wildman–Crippen MR) is 74.2 cm³/mol. The first-order valence-corrected chi connectivity index (χ1v) is 6.95. The highest BCUT2D eigenvalue weighted by Crippen LogP contribution is 2.21. The Morgan fingerprint density at radius 2 is 2.15 bits per heavy atom. The number of ether oxygens (including phenoxy) is 3. The Balaban J connectivity index is 1.79. The molecule has 1 aliphatic rings. The maximum Gasteiger partial charge on any atom is 0.165 e. The maximum atomic E-state index is 13.6. The molecule has 0 radical (unpaired) electrons. The Morgan fingerprint density at radius 3 is 2.80 bits per heavy atom. The molecule has 0 aliphatic carbocycles. The fraction of sp³-hybridized carbons (Fsp3) is 0.600. The molecule has 4 nitrogen and oxygen atoms in total. The van der Waals surface area contributed by atoms with Crippen LogP contribution in [0.5, 0.6) is 5.75 Å². The molecule has 1 atom stereocenters. The molecular formula is C15H22FNO3. The van der Waals surface area contributed by atoms with Crippen molar-refractivity contribution in [3.05, 3.63) is 29.6 Å². The molecule has 20 heavy (non-hydrogen) atoms. The molecule has 5 heteroatoms. The molecule has 0 amide bonds. The monoisotopic (exact) mass is 283 g/mol. The van der Waals surface area contributed by atoms with Crippen LogP contribution in [0.3, 0.4) is 0 Å². The molecule has 1 heterocycles. The summed E-state index contributed by atoms with van der Waals surface area (Å²) in [6.45, 7) is 2.70. The molecule has 1 unspecified atom stereocenters. The van der Waals surface area contributed by atoms with Gasteiger partial charge in [-0.15, -0.1) is 0 Å². The average Bonchev–Trinajstić information content (AvgIpc) is 2.48. The lowest BCUT2D eigenvalue weighted by Crippen LogP contribution is -2.23. The van der Waals surface area contributed by atoms with Gasteiger partial charge in [0, 0.05) is 19.8 Å². The molecule has 2 N–H and O–H groups in total. The van der Waals surface area contributed by atoms with Crippen molar-refractivity contribution in [2.24, 2.45) is 11.7 Å². The van der Waals surface area contributed by atoms with Crippen LogP contribution >= 0.6 is 0 Å². The zero-order valence-electron chi connectivity index (χ0n) is 11.8. The van der Waals surface area contributed by atoms with Crippen LogP contribution in [0.15, 0.2) is 18.2 Å². The van der Waals surface area contributed by atoms with Crippen molar-refractivity contribution in [3.8, 4) is 5.75 Å². The zero-order valence-corrected chi connectivity index (χ0v) is 11.8. The lowest BCUT2D eigenvalue weighted by atomic mass is 10.0. The van der Waals surface area contributed by atoms with Crippen molar-refractivity contribution in [2.45, 2.75) is 18.9 Å². The van der Waals surface area contributed by atoms with E-state index in [9.17, 15) is 4.39 Å². The summed E-state index contributed by atoms with van der Waals surface area (Å²) in [6, 6.07) is 4.43. The first-order valence-electron chi connectivity index (χ1n) is 6.95. The van der Waals surface area contributed by atoms with Gasteiger partial charge in [-0.2, -0.15) is 0 Å². The van der Waals surface area contributed by atoms with Crippen LogP contribution in [0.25, 0.3) is 0 Å². The Labute approximate surface area is 119 Å². The number of nitrogens with two attached hydrogens (primary N) is 1. The second-order valence-electron chi connectivity index (χ2n) is 5.09. The molecular weight excluding hydrogens is 261 g/mol. The van der Waals surface area contributed by atoms with Crippen molar-refractivity contribution in [3.63, 3.8) is 0 Å². The molecule has 2 rings (SSSR count). The fourth-order valence-electron chi connectivity index (χ4n) is 2.28. The maximum absolute atomic E-state index is 13.6. The summed E-state index contributed by atoms with van der Waals surface area (Å²) in [5.41, 5.74) is 6.73. The van der Waals surface area contributed by atoms with Gasteiger partial charge >= 0.3 is 0 Å². The first kappa shape index (κ1) is 15.2. The quantitative estimate of drug-likeness (QED) is 0.870. The normalized spacial score (nSPS) is 17.9. The van der Waals surface area contributed by atoms with Crippen LogP contribution in [0, 0.1) is 11.7 Å². The molecule has 0 spiro atoms. The molecule has 1 aliphatic heterocycles. The Kier molecular flexibility index (Phi) is 5.76. The highest BCUT2D eigenvalue weighted by atomic mass is 19.1. The summed E-state index contributed by atoms with van der Waals surface area (Å²) in [5.74, 6) is 0.373. The van der Waals surface area contributed by atoms with Crippen LogP contribution in [0.1, 0.15) is 24.4 Å². The molecule has 1 fully saturated rings. The number of hydrogen-bond donors (Lipinski definition) is 1. The van der Waals surface area contributed by atoms with Crippen LogP contribution in [0.4, 0.5) is 4.39 Å². The summed E-state index contributed by atoms with van der Waals surface area (Å²) in [6.07, 6.45) is 2.07. The molecule has 1 saturated heterocycles. The van der Waals surface area contributed by atoms with E-state index in [-0.39, 0.29) is 11.8 Å². The second-order valence-corrected chi connectivity index (χ2v) is 5.09. The minimum atomic E-state index is -0.398. The van der Waals surface area contributed by atoms with E-state index in [0.717, 1.165) is 31.6 Å². The fourth-order valence-corrected chi connectivity index (χ4v) is 2.28. The van der Waals surface area contributed by atoms with Crippen molar-refractivity contribution in [1.82, 2.24) is 0 Å². The summed E-state index contributed by atoms with van der Waals surface area (Å²) < 4.78 is 29.4. The van der Waals surface area contributed by atoms with E-state index in [1.54, 1.807) is 12.1 Å². The molecule has 1 aromatic carbocycles. The van der Waals surface area contributed by atoms with Crippen LogP contribution in [-0.2, 0) is 9.47 Å². The van der Waals surface area contributed by atoms with Gasteiger partial charge in [-0.25, -0.2) is 4.39 Å². The summed E-state index contributed by atoms with van der Waals surface area (Å²) >= 11 is 0. The van der Waals surface area contributed by atoms with E-state index >= 15 is 0 Å². The minimum Gasteiger partial charge on any atom is -0.494 e. The van der Waals surface area contributed by atoms with Crippen LogP contribution in [-0.4, -0.2) is 33.5 Å². The second kappa shape index (κ2) is 7.57. The zero-order chi connectivity index (χ0) is 14.4. The summed E-state index contributed by atoms with van der Waals surface area (Å²) in [4.78, 5) is 0. The van der Waals surface area contributed by atoms with Gasteiger partial charge in [0.1, 0.15) is 0 Å². The molecule has 0 bridgehead atoms. The van der Waals surface area contributed by atoms with Crippen molar-refractivity contribution in [2.75, 3.05) is 33.5 Å². The van der Waals surface area contributed by atoms with E-state index in [4.69, 9.17) is 19.9 Å². The number of halogens is 1. The van der Waals surface area contributed by atoms with Gasteiger partial charge in [-0.05, 0) is 36.5 Å². The van der Waals surface area contributed by atoms with Crippen LogP contribution < -0.4 is 10.5 Å². The standard InChI is InChI=1S/C15H22FNO3/c1-18-15-3-2-12(8-13(15)16)14(17)10-20-9-11-4-6-19-7-5-11/h2-3,8,11,14H,4-7,9-10,17H2,1H3. The third-order valence-corrected chi connectivity index (χ3v) is 3.60. The number of methoxy groups -OCH3 is 1. The number of hydrogen-bond acceptors (Lipinski definition) is 4. The molecule has 0 aromatic heterocycles. The first-order chi connectivity index (χ1) is 9.70. The Morgan fingerprint density at radius 1 is 1.40 bits per heavy atom. The Hall–Kier alpha value is -1.17. The van der Waals surface area contributed by atoms with Crippen molar-refractivity contribution in [1.29, 1.82) is 0 Å². The van der Waals surface area contributed by atoms with E-state index in [1.807, 2.05) is 0 Å². The number of benzene rings is 1. The van der Waals surface area contributed by atoms with Gasteiger partial charge in [0.15, 0.2) is 11.6 Å². The third kappa shape index (κ3) is 4.16. The van der Waals surface area contributed by atoms with Gasteiger partial charge in [0.05, 0.1) is 19.8 Å². The summed E-state index contributed by atoms with van der Waals surface area (Å²) in [7, 11) is 1.44. The Bertz CT molecular complexity index is 422. The predicted octanol–water partition coefficient (Wildman–Crippen LogP) is 2.28. The summed E-state index contributed by atoms with van der Waals surface area (Å²) in [5, 5.41) is 0. The van der Waals surface area contributed by atoms with Gasteiger partial charge in [0.2, 0.25) is 0 Å². The van der Waals surface area contributed by atoms with Gasteiger partial charge < -0.3 is 19.9 Å². The lowest BCUT2D eigenvalue weighted by molar-refractivity contribution is 0.0174. The topological polar surface area (TPSA) is 53.7 Å². The average molecular weight is 283 g/mol. The largest absolute Gasteiger partial charge is 0.494 e. The smallest absolute Gasteiger partial charge is 0.165 e. The number of rotatable bonds is 6. The highest BCUT2D eigenvalue weighted by Gasteiger charge is 2.15. The van der Waals surface area contributed by atoms with Crippen LogP contribution in [0.2, 0.25) is 0 Å². The van der Waals surface area contributed by atoms with Crippen molar-refractivity contribution >= 4 is 0 Å². The third-order valence-electron chi connectivity index (χ3n) is 3.60. The van der Waals surface area contributed by atoms with E-state index in [0.29, 0.717) is 19.1 Å². The minimum absolute atomic E-state index is 0.226. The van der Waals surface area contributed by atoms with E-state index < -0.39 is 5.82 Å².